The minimum atomic E-state index is -0.390. The Hall–Kier alpha value is -2.14. The molecular weight excluding hydrogens is 302 g/mol. The number of nitrogens with two attached hydrogens (primary N) is 1. The quantitative estimate of drug-likeness (QED) is 0.818. The third-order valence-electron chi connectivity index (χ3n) is 4.57. The van der Waals surface area contributed by atoms with E-state index >= 15 is 0 Å². The topological polar surface area (TPSA) is 81.2 Å². The first kappa shape index (κ1) is 18.2. The molecule has 0 aliphatic carbocycles. The number of nitrogens with one attached hydrogen (secondary N) is 1. The largest absolute Gasteiger partial charge is 0.440 e. The molecule has 0 fully saturated rings. The van der Waals surface area contributed by atoms with Gasteiger partial charge < -0.3 is 15.5 Å². The Morgan fingerprint density at radius 1 is 1.33 bits per heavy atom. The zero-order valence-electron chi connectivity index (χ0n) is 14.9. The van der Waals surface area contributed by atoms with Crippen LogP contribution in [0.5, 0.6) is 0 Å². The minimum Gasteiger partial charge on any atom is -0.440 e. The smallest absolute Gasteiger partial charge is 0.220 e. The number of aromatic nitrogens is 1. The van der Waals surface area contributed by atoms with Gasteiger partial charge in [0.25, 0.3) is 0 Å². The average Bonchev–Trinajstić information content (AvgIpc) is 2.94. The van der Waals surface area contributed by atoms with Crippen LogP contribution in [0.25, 0.3) is 11.3 Å². The number of benzene rings is 1. The van der Waals surface area contributed by atoms with Crippen LogP contribution in [0, 0.1) is 12.8 Å². The maximum Gasteiger partial charge on any atom is 0.220 e. The molecule has 1 amide bonds. The molecule has 0 bridgehead atoms. The molecule has 0 aliphatic heterocycles. The zero-order valence-corrected chi connectivity index (χ0v) is 14.9. The van der Waals surface area contributed by atoms with E-state index < -0.39 is 5.54 Å². The standard InChI is InChI=1S/C19H27N3O2/c1-13(2)19(4,12-20)22-16(23)10-11-17-21-14(3)18(24-17)15-8-6-5-7-9-15/h5-9,13H,10-12,20H2,1-4H3,(H,22,23). The van der Waals surface area contributed by atoms with Gasteiger partial charge in [0.15, 0.2) is 11.7 Å². The van der Waals surface area contributed by atoms with Crippen molar-refractivity contribution in [2.24, 2.45) is 11.7 Å². The molecule has 5 heteroatoms. The van der Waals surface area contributed by atoms with Crippen molar-refractivity contribution in [3.8, 4) is 11.3 Å². The van der Waals surface area contributed by atoms with Crippen LogP contribution >= 0.6 is 0 Å². The van der Waals surface area contributed by atoms with Gasteiger partial charge in [-0.1, -0.05) is 44.2 Å². The van der Waals surface area contributed by atoms with Gasteiger partial charge in [-0.2, -0.15) is 0 Å². The minimum absolute atomic E-state index is 0.0336. The molecule has 0 saturated heterocycles. The van der Waals surface area contributed by atoms with Gasteiger partial charge in [-0.3, -0.25) is 4.79 Å². The van der Waals surface area contributed by atoms with Gasteiger partial charge in [-0.25, -0.2) is 4.98 Å². The van der Waals surface area contributed by atoms with Gasteiger partial charge >= 0.3 is 0 Å². The number of oxazole rings is 1. The van der Waals surface area contributed by atoms with Crippen molar-refractivity contribution in [2.45, 2.75) is 46.1 Å². The second kappa shape index (κ2) is 7.62. The lowest BCUT2D eigenvalue weighted by atomic mass is 9.88. The van der Waals surface area contributed by atoms with Crippen LogP contribution in [0.4, 0.5) is 0 Å². The van der Waals surface area contributed by atoms with Crippen molar-refractivity contribution in [3.63, 3.8) is 0 Å². The van der Waals surface area contributed by atoms with E-state index in [1.165, 1.54) is 0 Å². The van der Waals surface area contributed by atoms with E-state index in [2.05, 4.69) is 24.1 Å². The van der Waals surface area contributed by atoms with Crippen molar-refractivity contribution in [2.75, 3.05) is 6.54 Å². The van der Waals surface area contributed by atoms with E-state index in [-0.39, 0.29) is 11.8 Å². The first-order valence-electron chi connectivity index (χ1n) is 8.38. The fourth-order valence-electron chi connectivity index (χ4n) is 2.45. The van der Waals surface area contributed by atoms with Gasteiger partial charge in [-0.05, 0) is 19.8 Å². The third kappa shape index (κ3) is 4.23. The highest BCUT2D eigenvalue weighted by molar-refractivity contribution is 5.77. The second-order valence-electron chi connectivity index (χ2n) is 6.71. The molecule has 24 heavy (non-hydrogen) atoms. The SMILES string of the molecule is Cc1nc(CCC(=O)NC(C)(CN)C(C)C)oc1-c1ccccc1. The molecule has 1 unspecified atom stereocenters. The summed E-state index contributed by atoms with van der Waals surface area (Å²) in [5, 5.41) is 3.03. The number of nitrogens with zero attached hydrogens (tertiary/aromatic N) is 1. The molecule has 1 aromatic carbocycles. The lowest BCUT2D eigenvalue weighted by Crippen LogP contribution is -2.55. The molecule has 0 spiro atoms. The van der Waals surface area contributed by atoms with Crippen molar-refractivity contribution in [1.29, 1.82) is 0 Å². The number of aryl methyl sites for hydroxylation is 2. The van der Waals surface area contributed by atoms with Crippen LogP contribution < -0.4 is 11.1 Å². The highest BCUT2D eigenvalue weighted by Crippen LogP contribution is 2.24. The summed E-state index contributed by atoms with van der Waals surface area (Å²) < 4.78 is 5.84. The third-order valence-corrected chi connectivity index (χ3v) is 4.57. The second-order valence-corrected chi connectivity index (χ2v) is 6.71. The summed E-state index contributed by atoms with van der Waals surface area (Å²) in [7, 11) is 0. The first-order chi connectivity index (χ1) is 11.4. The number of carbonyl (C=O) groups is 1. The molecule has 2 rings (SSSR count). The van der Waals surface area contributed by atoms with Crippen LogP contribution in [-0.4, -0.2) is 23.0 Å². The molecule has 0 radical (unpaired) electrons. The number of rotatable bonds is 7. The van der Waals surface area contributed by atoms with Gasteiger partial charge in [-0.15, -0.1) is 0 Å². The van der Waals surface area contributed by atoms with Gasteiger partial charge in [0.2, 0.25) is 5.91 Å². The molecular formula is C19H27N3O2. The Balaban J connectivity index is 1.99. The fraction of sp³-hybridized carbons (Fsp3) is 0.474. The normalized spacial score (nSPS) is 13.8. The molecule has 3 N–H and O–H groups in total. The lowest BCUT2D eigenvalue weighted by Gasteiger charge is -2.33. The summed E-state index contributed by atoms with van der Waals surface area (Å²) in [5.74, 6) is 1.58. The predicted molar refractivity (Wildman–Crippen MR) is 95.4 cm³/mol. The Bertz CT molecular complexity index is 679. The van der Waals surface area contributed by atoms with E-state index in [9.17, 15) is 4.79 Å². The van der Waals surface area contributed by atoms with E-state index in [0.29, 0.717) is 25.3 Å². The van der Waals surface area contributed by atoms with Crippen LogP contribution in [0.15, 0.2) is 34.7 Å². The summed E-state index contributed by atoms with van der Waals surface area (Å²) in [6, 6.07) is 9.86. The monoisotopic (exact) mass is 329 g/mol. The molecule has 1 atom stereocenters. The number of amides is 1. The van der Waals surface area contributed by atoms with Crippen LogP contribution in [-0.2, 0) is 11.2 Å². The maximum atomic E-state index is 12.2. The molecule has 0 aliphatic rings. The zero-order chi connectivity index (χ0) is 17.7. The highest BCUT2D eigenvalue weighted by atomic mass is 16.4. The first-order valence-corrected chi connectivity index (χ1v) is 8.38. The van der Waals surface area contributed by atoms with E-state index in [4.69, 9.17) is 10.2 Å². The highest BCUT2D eigenvalue weighted by Gasteiger charge is 2.28. The number of hydrogen-bond acceptors (Lipinski definition) is 4. The van der Waals surface area contributed by atoms with E-state index in [1.54, 1.807) is 0 Å². The van der Waals surface area contributed by atoms with Crippen LogP contribution in [0.1, 0.15) is 38.8 Å². The molecule has 2 aromatic rings. The predicted octanol–water partition coefficient (Wildman–Crippen LogP) is 3.07. The molecule has 130 valence electrons. The van der Waals surface area contributed by atoms with Crippen molar-refractivity contribution in [3.05, 3.63) is 41.9 Å². The summed E-state index contributed by atoms with van der Waals surface area (Å²) in [6.07, 6.45) is 0.800. The maximum absolute atomic E-state index is 12.2. The van der Waals surface area contributed by atoms with Crippen LogP contribution in [0.2, 0.25) is 0 Å². The summed E-state index contributed by atoms with van der Waals surface area (Å²) in [6.45, 7) is 8.40. The Labute approximate surface area is 143 Å². The molecule has 0 saturated carbocycles. The van der Waals surface area contributed by atoms with Gasteiger partial charge in [0.05, 0.1) is 11.2 Å². The summed E-state index contributed by atoms with van der Waals surface area (Å²) in [5.41, 5.74) is 7.25. The van der Waals surface area contributed by atoms with Crippen LogP contribution in [0.3, 0.4) is 0 Å². The molecule has 1 aromatic heterocycles. The summed E-state index contributed by atoms with van der Waals surface area (Å²) in [4.78, 5) is 16.7. The number of carbonyl (C=O) groups excluding carboxylic acids is 1. The molecule has 1 heterocycles. The van der Waals surface area contributed by atoms with Gasteiger partial charge in [0, 0.05) is 24.9 Å². The Morgan fingerprint density at radius 3 is 2.58 bits per heavy atom. The Kier molecular flexibility index (Phi) is 5.78. The lowest BCUT2D eigenvalue weighted by molar-refractivity contribution is -0.123. The molecule has 5 nitrogen and oxygen atoms in total. The van der Waals surface area contributed by atoms with E-state index in [0.717, 1.165) is 17.0 Å². The van der Waals surface area contributed by atoms with E-state index in [1.807, 2.05) is 44.2 Å². The number of hydrogen-bond donors (Lipinski definition) is 2. The van der Waals surface area contributed by atoms with Gasteiger partial charge in [0.1, 0.15) is 0 Å². The van der Waals surface area contributed by atoms with Crippen molar-refractivity contribution < 1.29 is 9.21 Å². The van der Waals surface area contributed by atoms with Crippen molar-refractivity contribution in [1.82, 2.24) is 10.3 Å². The summed E-state index contributed by atoms with van der Waals surface area (Å²) >= 11 is 0. The fourth-order valence-corrected chi connectivity index (χ4v) is 2.45. The Morgan fingerprint density at radius 2 is 2.00 bits per heavy atom. The average molecular weight is 329 g/mol. The van der Waals surface area contributed by atoms with Crippen molar-refractivity contribution >= 4 is 5.91 Å².